The van der Waals surface area contributed by atoms with Gasteiger partial charge < -0.3 is 15.2 Å². The Hall–Kier alpha value is -1.10. The van der Waals surface area contributed by atoms with Crippen molar-refractivity contribution in [2.75, 3.05) is 6.61 Å². The Balaban J connectivity index is 2.46. The number of ether oxygens (including phenoxy) is 1. The second kappa shape index (κ2) is 7.36. The van der Waals surface area contributed by atoms with Gasteiger partial charge in [0.15, 0.2) is 0 Å². The predicted molar refractivity (Wildman–Crippen MR) is 67.2 cm³/mol. The molecule has 104 valence electrons. The fourth-order valence-electron chi connectivity index (χ4n) is 2.31. The number of nitrogens with one attached hydrogen (secondary N) is 1. The Bertz CT molecular complexity index is 285. The van der Waals surface area contributed by atoms with Crippen LogP contribution in [0.5, 0.6) is 0 Å². The number of rotatable bonds is 6. The van der Waals surface area contributed by atoms with Gasteiger partial charge in [-0.1, -0.05) is 19.3 Å². The summed E-state index contributed by atoms with van der Waals surface area (Å²) in [5, 5.41) is 11.8. The number of carbonyl (C=O) groups is 2. The highest BCUT2D eigenvalue weighted by atomic mass is 16.5. The van der Waals surface area contributed by atoms with Gasteiger partial charge in [0.2, 0.25) is 5.91 Å². The number of aliphatic carboxylic acids is 1. The predicted octanol–water partition coefficient (Wildman–Crippen LogP) is 1.56. The lowest BCUT2D eigenvalue weighted by Crippen LogP contribution is -2.47. The van der Waals surface area contributed by atoms with Gasteiger partial charge in [-0.25, -0.2) is 4.79 Å². The van der Waals surface area contributed by atoms with E-state index in [4.69, 9.17) is 4.74 Å². The Kier molecular flexibility index (Phi) is 6.12. The van der Waals surface area contributed by atoms with Gasteiger partial charge in [-0.05, 0) is 32.6 Å². The van der Waals surface area contributed by atoms with E-state index < -0.39 is 12.0 Å². The number of hydrogen-bond donors (Lipinski definition) is 2. The van der Waals surface area contributed by atoms with Crippen LogP contribution >= 0.6 is 0 Å². The first-order valence-electron chi connectivity index (χ1n) is 6.64. The van der Waals surface area contributed by atoms with Gasteiger partial charge >= 0.3 is 5.97 Å². The van der Waals surface area contributed by atoms with E-state index in [-0.39, 0.29) is 24.5 Å². The molecule has 0 aromatic heterocycles. The molecule has 1 saturated carbocycles. The van der Waals surface area contributed by atoms with Crippen molar-refractivity contribution in [2.45, 2.75) is 58.1 Å². The average Bonchev–Trinajstić information content (AvgIpc) is 2.34. The third-order valence-electron chi connectivity index (χ3n) is 3.25. The summed E-state index contributed by atoms with van der Waals surface area (Å²) < 4.78 is 5.17. The van der Waals surface area contributed by atoms with Crippen LogP contribution in [0.15, 0.2) is 0 Å². The molecular formula is C13H23NO4. The molecule has 1 fully saturated rings. The van der Waals surface area contributed by atoms with Gasteiger partial charge in [0.05, 0.1) is 6.10 Å². The molecule has 0 aromatic carbocycles. The van der Waals surface area contributed by atoms with Crippen molar-refractivity contribution < 1.29 is 19.4 Å². The summed E-state index contributed by atoms with van der Waals surface area (Å²) in [7, 11) is 0. The minimum absolute atomic E-state index is 0.0336. The molecule has 2 N–H and O–H groups in total. The van der Waals surface area contributed by atoms with Crippen LogP contribution in [0, 0.1) is 5.92 Å². The van der Waals surface area contributed by atoms with Crippen LogP contribution in [0.4, 0.5) is 0 Å². The second-order valence-corrected chi connectivity index (χ2v) is 5.14. The molecule has 5 nitrogen and oxygen atoms in total. The lowest BCUT2D eigenvalue weighted by molar-refractivity contribution is -0.144. The minimum Gasteiger partial charge on any atom is -0.480 e. The zero-order chi connectivity index (χ0) is 13.5. The van der Waals surface area contributed by atoms with Gasteiger partial charge in [0.25, 0.3) is 0 Å². The first-order valence-corrected chi connectivity index (χ1v) is 6.64. The average molecular weight is 257 g/mol. The van der Waals surface area contributed by atoms with E-state index in [0.717, 1.165) is 32.1 Å². The quantitative estimate of drug-likeness (QED) is 0.757. The SMILES string of the molecule is CC(C)OCC(=O)N[C@@H](C(=O)O)C1CCCCC1. The number of carboxylic acid groups (broad SMARTS) is 1. The molecule has 0 spiro atoms. The number of carboxylic acids is 1. The van der Waals surface area contributed by atoms with Crippen molar-refractivity contribution in [1.82, 2.24) is 5.32 Å². The first-order chi connectivity index (χ1) is 8.50. The van der Waals surface area contributed by atoms with Gasteiger partial charge in [-0.3, -0.25) is 4.79 Å². The maximum atomic E-state index is 11.6. The summed E-state index contributed by atoms with van der Waals surface area (Å²) in [4.78, 5) is 22.8. The van der Waals surface area contributed by atoms with Gasteiger partial charge in [-0.2, -0.15) is 0 Å². The van der Waals surface area contributed by atoms with E-state index in [9.17, 15) is 14.7 Å². The Labute approximate surface area is 108 Å². The van der Waals surface area contributed by atoms with Crippen molar-refractivity contribution in [3.63, 3.8) is 0 Å². The highest BCUT2D eigenvalue weighted by Gasteiger charge is 2.30. The fourth-order valence-corrected chi connectivity index (χ4v) is 2.31. The molecule has 1 aliphatic rings. The second-order valence-electron chi connectivity index (χ2n) is 5.14. The molecule has 0 unspecified atom stereocenters. The van der Waals surface area contributed by atoms with E-state index in [1.807, 2.05) is 13.8 Å². The molecule has 0 aliphatic heterocycles. The molecule has 1 aliphatic carbocycles. The van der Waals surface area contributed by atoms with E-state index in [0.29, 0.717) is 0 Å². The Morgan fingerprint density at radius 2 is 1.89 bits per heavy atom. The molecule has 1 amide bonds. The van der Waals surface area contributed by atoms with Crippen molar-refractivity contribution in [1.29, 1.82) is 0 Å². The summed E-state index contributed by atoms with van der Waals surface area (Å²) >= 11 is 0. The molecular weight excluding hydrogens is 234 g/mol. The van der Waals surface area contributed by atoms with Crippen LogP contribution in [-0.4, -0.2) is 35.7 Å². The van der Waals surface area contributed by atoms with Crippen LogP contribution in [0.25, 0.3) is 0 Å². The first kappa shape index (κ1) is 15.0. The molecule has 18 heavy (non-hydrogen) atoms. The van der Waals surface area contributed by atoms with Crippen molar-refractivity contribution >= 4 is 11.9 Å². The highest BCUT2D eigenvalue weighted by molar-refractivity contribution is 5.84. The van der Waals surface area contributed by atoms with Crippen LogP contribution in [0.1, 0.15) is 46.0 Å². The number of hydrogen-bond acceptors (Lipinski definition) is 3. The molecule has 0 heterocycles. The monoisotopic (exact) mass is 257 g/mol. The summed E-state index contributed by atoms with van der Waals surface area (Å²) in [6.45, 7) is 3.60. The molecule has 1 rings (SSSR count). The van der Waals surface area contributed by atoms with Crippen LogP contribution in [-0.2, 0) is 14.3 Å². The van der Waals surface area contributed by atoms with Gasteiger partial charge in [0, 0.05) is 0 Å². The maximum Gasteiger partial charge on any atom is 0.326 e. The summed E-state index contributed by atoms with van der Waals surface area (Å²) in [5.41, 5.74) is 0. The van der Waals surface area contributed by atoms with Gasteiger partial charge in [-0.15, -0.1) is 0 Å². The summed E-state index contributed by atoms with van der Waals surface area (Å²) in [6.07, 6.45) is 4.98. The third kappa shape index (κ3) is 5.04. The molecule has 0 radical (unpaired) electrons. The lowest BCUT2D eigenvalue weighted by atomic mass is 9.84. The largest absolute Gasteiger partial charge is 0.480 e. The zero-order valence-electron chi connectivity index (χ0n) is 11.1. The Morgan fingerprint density at radius 3 is 2.39 bits per heavy atom. The van der Waals surface area contributed by atoms with E-state index >= 15 is 0 Å². The van der Waals surface area contributed by atoms with E-state index in [1.54, 1.807) is 0 Å². The van der Waals surface area contributed by atoms with E-state index in [1.165, 1.54) is 0 Å². The van der Waals surface area contributed by atoms with E-state index in [2.05, 4.69) is 5.32 Å². The molecule has 1 atom stereocenters. The van der Waals surface area contributed by atoms with Crippen molar-refractivity contribution in [3.05, 3.63) is 0 Å². The molecule has 0 aromatic rings. The maximum absolute atomic E-state index is 11.6. The number of amides is 1. The Morgan fingerprint density at radius 1 is 1.28 bits per heavy atom. The van der Waals surface area contributed by atoms with Crippen LogP contribution in [0.2, 0.25) is 0 Å². The third-order valence-corrected chi connectivity index (χ3v) is 3.25. The van der Waals surface area contributed by atoms with Crippen LogP contribution in [0.3, 0.4) is 0 Å². The van der Waals surface area contributed by atoms with Gasteiger partial charge in [0.1, 0.15) is 12.6 Å². The minimum atomic E-state index is -0.945. The molecule has 5 heteroatoms. The normalized spacial score (nSPS) is 18.6. The fraction of sp³-hybridized carbons (Fsp3) is 0.846. The number of carbonyl (C=O) groups excluding carboxylic acids is 1. The lowest BCUT2D eigenvalue weighted by Gasteiger charge is -2.28. The van der Waals surface area contributed by atoms with Crippen LogP contribution < -0.4 is 5.32 Å². The standard InChI is InChI=1S/C13H23NO4/c1-9(2)18-8-11(15)14-12(13(16)17)10-6-4-3-5-7-10/h9-10,12H,3-8H2,1-2H3,(H,14,15)(H,16,17)/t12-/m1/s1. The van der Waals surface area contributed by atoms with Crippen molar-refractivity contribution in [3.8, 4) is 0 Å². The summed E-state index contributed by atoms with van der Waals surface area (Å²) in [5.74, 6) is -1.24. The summed E-state index contributed by atoms with van der Waals surface area (Å²) in [6, 6.07) is -0.770. The zero-order valence-corrected chi connectivity index (χ0v) is 11.1. The molecule has 0 bridgehead atoms. The van der Waals surface area contributed by atoms with Crippen molar-refractivity contribution in [2.24, 2.45) is 5.92 Å². The highest BCUT2D eigenvalue weighted by Crippen LogP contribution is 2.26. The smallest absolute Gasteiger partial charge is 0.326 e. The molecule has 0 saturated heterocycles. The topological polar surface area (TPSA) is 75.6 Å².